The zero-order chi connectivity index (χ0) is 22.3. The van der Waals surface area contributed by atoms with Crippen LogP contribution in [0.5, 0.6) is 0 Å². The number of alkyl halides is 3. The van der Waals surface area contributed by atoms with Crippen molar-refractivity contribution >= 4 is 23.3 Å². The lowest BCUT2D eigenvalue weighted by Crippen LogP contribution is -2.24. The smallest absolute Gasteiger partial charge is 0.376 e. The van der Waals surface area contributed by atoms with E-state index in [9.17, 15) is 18.0 Å². The summed E-state index contributed by atoms with van der Waals surface area (Å²) in [4.78, 5) is 19.4. The van der Waals surface area contributed by atoms with Gasteiger partial charge in [-0.2, -0.15) is 13.2 Å². The number of H-pyrrole nitrogens is 1. The molecule has 164 valence electrons. The van der Waals surface area contributed by atoms with Gasteiger partial charge in [-0.3, -0.25) is 14.3 Å². The summed E-state index contributed by atoms with van der Waals surface area (Å²) in [7, 11) is 0. The highest BCUT2D eigenvalue weighted by Crippen LogP contribution is 2.36. The molecule has 0 saturated carbocycles. The summed E-state index contributed by atoms with van der Waals surface area (Å²) in [6.45, 7) is 4.90. The van der Waals surface area contributed by atoms with E-state index < -0.39 is 22.7 Å². The molecule has 1 aliphatic rings. The van der Waals surface area contributed by atoms with Gasteiger partial charge in [-0.1, -0.05) is 38.1 Å². The van der Waals surface area contributed by atoms with Gasteiger partial charge in [-0.15, -0.1) is 0 Å². The molecule has 31 heavy (non-hydrogen) atoms. The fraction of sp³-hybridized carbons (Fsp3) is 0.409. The first-order chi connectivity index (χ1) is 14.6. The molecule has 1 saturated heterocycles. The predicted octanol–water partition coefficient (Wildman–Crippen LogP) is 5.44. The molecular weight excluding hydrogens is 427 g/mol. The Morgan fingerprint density at radius 2 is 2.00 bits per heavy atom. The maximum absolute atomic E-state index is 14.0. The minimum absolute atomic E-state index is 0.0286. The van der Waals surface area contributed by atoms with Crippen LogP contribution in [0.15, 0.2) is 35.1 Å². The molecule has 0 spiro atoms. The number of nitrogens with zero attached hydrogens (tertiary/aromatic N) is 2. The number of nitrogens with one attached hydrogen (secondary N) is 1. The number of hydrogen-bond acceptors (Lipinski definition) is 4. The second-order valence-electron chi connectivity index (χ2n) is 8.03. The monoisotopic (exact) mass is 449 g/mol. The number of aromatic nitrogens is 3. The Kier molecular flexibility index (Phi) is 5.74. The zero-order valence-corrected chi connectivity index (χ0v) is 17.9. The van der Waals surface area contributed by atoms with Crippen molar-refractivity contribution in [2.75, 3.05) is 6.61 Å². The van der Waals surface area contributed by atoms with Gasteiger partial charge in [-0.25, -0.2) is 4.98 Å². The van der Waals surface area contributed by atoms with E-state index >= 15 is 0 Å². The number of pyridine rings is 1. The minimum atomic E-state index is -4.73. The fourth-order valence-electron chi connectivity index (χ4n) is 3.85. The van der Waals surface area contributed by atoms with Crippen molar-refractivity contribution in [2.24, 2.45) is 0 Å². The Hall–Kier alpha value is -2.52. The number of fused-ring (bicyclic) bond motifs is 1. The first kappa shape index (κ1) is 21.7. The molecule has 0 bridgehead atoms. The minimum Gasteiger partial charge on any atom is -0.376 e. The molecule has 3 aromatic rings. The van der Waals surface area contributed by atoms with Crippen molar-refractivity contribution in [1.29, 1.82) is 0 Å². The van der Waals surface area contributed by atoms with Crippen LogP contribution in [0.1, 0.15) is 43.7 Å². The van der Waals surface area contributed by atoms with Gasteiger partial charge in [0.1, 0.15) is 5.65 Å². The van der Waals surface area contributed by atoms with Gasteiger partial charge < -0.3 is 4.74 Å². The van der Waals surface area contributed by atoms with Crippen LogP contribution in [-0.2, 0) is 17.5 Å². The summed E-state index contributed by atoms with van der Waals surface area (Å²) in [6.07, 6.45) is -3.28. The zero-order valence-electron chi connectivity index (χ0n) is 17.1. The largest absolute Gasteiger partial charge is 0.417 e. The molecule has 0 aliphatic carbocycles. The maximum atomic E-state index is 14.0. The molecule has 1 aliphatic heterocycles. The Bertz CT molecular complexity index is 1220. The van der Waals surface area contributed by atoms with Gasteiger partial charge >= 0.3 is 6.18 Å². The van der Waals surface area contributed by atoms with E-state index in [0.29, 0.717) is 18.1 Å². The average molecular weight is 449 g/mol. The third kappa shape index (κ3) is 4.29. The molecule has 1 atom stereocenters. The van der Waals surface area contributed by atoms with Crippen molar-refractivity contribution in [3.8, 4) is 11.3 Å². The van der Waals surface area contributed by atoms with Gasteiger partial charge in [0.05, 0.1) is 29.3 Å². The van der Waals surface area contributed by atoms with Crippen LogP contribution < -0.4 is 5.56 Å². The van der Waals surface area contributed by atoms with Crippen molar-refractivity contribution < 1.29 is 17.9 Å². The average Bonchev–Trinajstić information content (AvgIpc) is 3.23. The highest BCUT2D eigenvalue weighted by molar-refractivity contribution is 7.71. The lowest BCUT2D eigenvalue weighted by molar-refractivity contribution is -0.136. The van der Waals surface area contributed by atoms with Crippen LogP contribution >= 0.6 is 12.2 Å². The summed E-state index contributed by atoms with van der Waals surface area (Å²) < 4.78 is 49.0. The highest BCUT2D eigenvalue weighted by Gasteiger charge is 2.35. The van der Waals surface area contributed by atoms with Crippen molar-refractivity contribution in [1.82, 2.24) is 14.5 Å². The third-order valence-corrected chi connectivity index (χ3v) is 5.86. The first-order valence-electron chi connectivity index (χ1n) is 10.1. The molecule has 1 fully saturated rings. The van der Waals surface area contributed by atoms with Gasteiger partial charge in [0.25, 0.3) is 5.56 Å². The molecule has 1 aromatic carbocycles. The molecule has 4 rings (SSSR count). The van der Waals surface area contributed by atoms with E-state index in [2.05, 4.69) is 9.97 Å². The van der Waals surface area contributed by atoms with Crippen LogP contribution in [-0.4, -0.2) is 27.2 Å². The normalized spacial score (nSPS) is 17.0. The van der Waals surface area contributed by atoms with Crippen LogP contribution in [0.3, 0.4) is 0 Å². The predicted molar refractivity (Wildman–Crippen MR) is 115 cm³/mol. The quantitative estimate of drug-likeness (QED) is 0.539. The molecular formula is C22H22F3N3O2S. The highest BCUT2D eigenvalue weighted by atomic mass is 32.1. The van der Waals surface area contributed by atoms with E-state index in [0.717, 1.165) is 24.5 Å². The number of aromatic amines is 1. The summed E-state index contributed by atoms with van der Waals surface area (Å²) in [6, 6.07) is 8.17. The number of hydrogen-bond donors (Lipinski definition) is 1. The standard InChI is InChI=1S/C22H22F3N3O2S/c1-12(2)13-5-7-14(8-6-13)17-10-16(22(23,24)25)18-19(26-17)28(21(31)27-20(18)29)11-15-4-3-9-30-15/h5-8,10,12,15H,3-4,9,11H2,1-2H3,(H,27,29,31). The Morgan fingerprint density at radius 3 is 2.58 bits per heavy atom. The van der Waals surface area contributed by atoms with Crippen molar-refractivity contribution in [2.45, 2.75) is 51.4 Å². The van der Waals surface area contributed by atoms with Gasteiger partial charge in [0.15, 0.2) is 4.77 Å². The van der Waals surface area contributed by atoms with E-state index in [1.807, 2.05) is 26.0 Å². The SMILES string of the molecule is CC(C)c1ccc(-c2cc(C(F)(F)F)c3c(=O)[nH]c(=S)n(CC4CCCO4)c3n2)cc1. The maximum Gasteiger partial charge on any atom is 0.417 e. The molecule has 9 heteroatoms. The first-order valence-corrected chi connectivity index (χ1v) is 10.5. The van der Waals surface area contributed by atoms with E-state index in [1.165, 1.54) is 4.57 Å². The molecule has 0 radical (unpaired) electrons. The van der Waals surface area contributed by atoms with Crippen LogP contribution in [0, 0.1) is 4.77 Å². The summed E-state index contributed by atoms with van der Waals surface area (Å²) in [5.74, 6) is 0.291. The summed E-state index contributed by atoms with van der Waals surface area (Å²) >= 11 is 5.27. The fourth-order valence-corrected chi connectivity index (χ4v) is 4.10. The Morgan fingerprint density at radius 1 is 1.29 bits per heavy atom. The Labute approximate surface area is 181 Å². The third-order valence-electron chi connectivity index (χ3n) is 5.54. The molecule has 5 nitrogen and oxygen atoms in total. The summed E-state index contributed by atoms with van der Waals surface area (Å²) in [5, 5.41) is -0.512. The van der Waals surface area contributed by atoms with Crippen molar-refractivity contribution in [3.63, 3.8) is 0 Å². The van der Waals surface area contributed by atoms with Crippen molar-refractivity contribution in [3.05, 3.63) is 56.6 Å². The van der Waals surface area contributed by atoms with E-state index in [1.54, 1.807) is 12.1 Å². The number of halogens is 3. The number of rotatable bonds is 4. The Balaban J connectivity index is 1.98. The molecule has 2 aromatic heterocycles. The van der Waals surface area contributed by atoms with Gasteiger partial charge in [0.2, 0.25) is 0 Å². The van der Waals surface area contributed by atoms with Gasteiger partial charge in [-0.05, 0) is 42.6 Å². The topological polar surface area (TPSA) is 59.9 Å². The molecule has 1 unspecified atom stereocenters. The number of ether oxygens (including phenoxy) is 1. The molecule has 3 heterocycles. The van der Waals surface area contributed by atoms with E-state index in [-0.39, 0.29) is 28.8 Å². The van der Waals surface area contributed by atoms with Gasteiger partial charge in [0, 0.05) is 12.2 Å². The lowest BCUT2D eigenvalue weighted by atomic mass is 10.00. The second-order valence-corrected chi connectivity index (χ2v) is 8.42. The van der Waals surface area contributed by atoms with Crippen LogP contribution in [0.2, 0.25) is 0 Å². The molecule has 1 N–H and O–H groups in total. The second kappa shape index (κ2) is 8.20. The van der Waals surface area contributed by atoms with Crippen LogP contribution in [0.4, 0.5) is 13.2 Å². The van der Waals surface area contributed by atoms with Crippen LogP contribution in [0.25, 0.3) is 22.3 Å². The lowest BCUT2D eigenvalue weighted by Gasteiger charge is -2.18. The van der Waals surface area contributed by atoms with E-state index in [4.69, 9.17) is 17.0 Å². The summed E-state index contributed by atoms with van der Waals surface area (Å²) in [5.41, 5.74) is -0.272. The molecule has 0 amide bonds. The number of benzene rings is 1.